The number of rotatable bonds is 16. The Kier molecular flexibility index (Phi) is 13.1. The molecule has 7 nitrogen and oxygen atoms in total. The van der Waals surface area contributed by atoms with Crippen molar-refractivity contribution in [3.05, 3.63) is 35.9 Å². The Morgan fingerprint density at radius 2 is 1.59 bits per heavy atom. The quantitative estimate of drug-likeness (QED) is 0.329. The van der Waals surface area contributed by atoms with Crippen molar-refractivity contribution >= 4 is 6.09 Å². The highest BCUT2D eigenvalue weighted by Crippen LogP contribution is 2.21. The van der Waals surface area contributed by atoms with E-state index in [4.69, 9.17) is 23.7 Å². The summed E-state index contributed by atoms with van der Waals surface area (Å²) >= 11 is 0. The molecular formula is C27H47NO6. The van der Waals surface area contributed by atoms with Gasteiger partial charge in [0.15, 0.2) is 0 Å². The monoisotopic (exact) mass is 481 g/mol. The van der Waals surface area contributed by atoms with E-state index < -0.39 is 11.7 Å². The van der Waals surface area contributed by atoms with E-state index in [1.807, 2.05) is 26.8 Å². The van der Waals surface area contributed by atoms with Crippen molar-refractivity contribution in [2.45, 2.75) is 90.6 Å². The van der Waals surface area contributed by atoms with Gasteiger partial charge < -0.3 is 29.0 Å². The van der Waals surface area contributed by atoms with Crippen LogP contribution in [0.5, 0.6) is 0 Å². The molecule has 1 aromatic carbocycles. The molecule has 0 aliphatic heterocycles. The second kappa shape index (κ2) is 14.7. The molecule has 0 heterocycles. The Labute approximate surface area is 206 Å². The van der Waals surface area contributed by atoms with Gasteiger partial charge in [-0.05, 0) is 66.9 Å². The smallest absolute Gasteiger partial charge is 0.407 e. The molecule has 0 aromatic heterocycles. The van der Waals surface area contributed by atoms with Gasteiger partial charge in [-0.25, -0.2) is 4.79 Å². The lowest BCUT2D eigenvalue weighted by Gasteiger charge is -2.31. The van der Waals surface area contributed by atoms with Crippen molar-refractivity contribution in [1.82, 2.24) is 5.32 Å². The predicted molar refractivity (Wildman–Crippen MR) is 135 cm³/mol. The zero-order valence-electron chi connectivity index (χ0n) is 22.6. The minimum absolute atomic E-state index is 0.159. The van der Waals surface area contributed by atoms with Gasteiger partial charge in [0.1, 0.15) is 11.7 Å². The molecule has 1 rings (SSSR count). The van der Waals surface area contributed by atoms with Crippen LogP contribution in [0.25, 0.3) is 0 Å². The Balaban J connectivity index is 2.21. The van der Waals surface area contributed by atoms with Gasteiger partial charge in [-0.15, -0.1) is 0 Å². The number of hydrogen-bond donors (Lipinski definition) is 1. The highest BCUT2D eigenvalue weighted by Gasteiger charge is 2.24. The number of hydrogen-bond acceptors (Lipinski definition) is 6. The number of benzene rings is 1. The van der Waals surface area contributed by atoms with Gasteiger partial charge in [0.05, 0.1) is 31.0 Å². The number of alkyl carbamates (subject to hydrolysis) is 1. The Bertz CT molecular complexity index is 684. The summed E-state index contributed by atoms with van der Waals surface area (Å²) in [6.07, 6.45) is 1.77. The third kappa shape index (κ3) is 15.3. The van der Waals surface area contributed by atoms with Crippen molar-refractivity contribution < 1.29 is 28.5 Å². The number of carbonyl (C=O) groups excluding carboxylic acids is 1. The number of carbonyl (C=O) groups is 1. The summed E-state index contributed by atoms with van der Waals surface area (Å²) in [6.45, 7) is 16.4. The third-order valence-electron chi connectivity index (χ3n) is 5.10. The number of amides is 1. The fourth-order valence-electron chi connectivity index (χ4n) is 3.18. The largest absolute Gasteiger partial charge is 0.444 e. The Morgan fingerprint density at radius 3 is 2.21 bits per heavy atom. The highest BCUT2D eigenvalue weighted by molar-refractivity contribution is 5.67. The Morgan fingerprint density at radius 1 is 0.912 bits per heavy atom. The topological polar surface area (TPSA) is 75.3 Å². The normalized spacial score (nSPS) is 13.5. The zero-order chi connectivity index (χ0) is 25.7. The van der Waals surface area contributed by atoms with Crippen LogP contribution >= 0.6 is 0 Å². The van der Waals surface area contributed by atoms with Gasteiger partial charge in [0.25, 0.3) is 0 Å². The number of ether oxygens (including phenoxy) is 5. The summed E-state index contributed by atoms with van der Waals surface area (Å²) in [5.74, 6) is 0. The second-order valence-electron chi connectivity index (χ2n) is 10.8. The van der Waals surface area contributed by atoms with E-state index in [1.165, 1.54) is 5.56 Å². The van der Waals surface area contributed by atoms with Gasteiger partial charge in [0.2, 0.25) is 0 Å². The average Bonchev–Trinajstić information content (AvgIpc) is 2.71. The van der Waals surface area contributed by atoms with Crippen LogP contribution in [-0.4, -0.2) is 69.1 Å². The van der Waals surface area contributed by atoms with Crippen LogP contribution in [0.2, 0.25) is 0 Å². The first-order chi connectivity index (χ1) is 15.8. The second-order valence-corrected chi connectivity index (χ2v) is 10.8. The van der Waals surface area contributed by atoms with Crippen LogP contribution in [0.3, 0.4) is 0 Å². The van der Waals surface area contributed by atoms with Gasteiger partial charge in [-0.2, -0.15) is 0 Å². The molecule has 0 fully saturated rings. The van der Waals surface area contributed by atoms with Gasteiger partial charge in [-0.1, -0.05) is 30.3 Å². The molecule has 1 atom stereocenters. The fourth-order valence-corrected chi connectivity index (χ4v) is 3.18. The molecule has 0 bridgehead atoms. The first kappa shape index (κ1) is 30.4. The van der Waals surface area contributed by atoms with Crippen molar-refractivity contribution in [2.75, 3.05) is 40.1 Å². The van der Waals surface area contributed by atoms with Crippen LogP contribution < -0.4 is 5.32 Å². The molecule has 196 valence electrons. The number of nitrogens with one attached hydrogen (secondary N) is 1. The van der Waals surface area contributed by atoms with Crippen LogP contribution in [0.4, 0.5) is 4.79 Å². The van der Waals surface area contributed by atoms with Crippen molar-refractivity contribution in [2.24, 2.45) is 0 Å². The van der Waals surface area contributed by atoms with E-state index in [0.717, 1.165) is 12.8 Å². The first-order valence-electron chi connectivity index (χ1n) is 12.2. The van der Waals surface area contributed by atoms with Crippen LogP contribution in [0.1, 0.15) is 66.9 Å². The van der Waals surface area contributed by atoms with Gasteiger partial charge in [-0.3, -0.25) is 0 Å². The van der Waals surface area contributed by atoms with Crippen LogP contribution in [0.15, 0.2) is 30.3 Å². The molecule has 1 unspecified atom stereocenters. The molecule has 0 radical (unpaired) electrons. The van der Waals surface area contributed by atoms with Crippen LogP contribution in [-0.2, 0) is 30.1 Å². The van der Waals surface area contributed by atoms with E-state index >= 15 is 0 Å². The zero-order valence-corrected chi connectivity index (χ0v) is 22.6. The fraction of sp³-hybridized carbons (Fsp3) is 0.741. The molecule has 0 aliphatic carbocycles. The average molecular weight is 482 g/mol. The van der Waals surface area contributed by atoms with E-state index in [2.05, 4.69) is 57.3 Å². The summed E-state index contributed by atoms with van der Waals surface area (Å²) in [4.78, 5) is 11.6. The predicted octanol–water partition coefficient (Wildman–Crippen LogP) is 5.16. The van der Waals surface area contributed by atoms with Crippen molar-refractivity contribution in [3.63, 3.8) is 0 Å². The lowest BCUT2D eigenvalue weighted by Crippen LogP contribution is -2.35. The van der Waals surface area contributed by atoms with Crippen molar-refractivity contribution in [3.8, 4) is 0 Å². The molecule has 1 aromatic rings. The maximum Gasteiger partial charge on any atom is 0.407 e. The minimum Gasteiger partial charge on any atom is -0.444 e. The highest BCUT2D eigenvalue weighted by atomic mass is 16.6. The van der Waals surface area contributed by atoms with Crippen LogP contribution in [0, 0.1) is 0 Å². The molecule has 0 saturated heterocycles. The molecule has 0 spiro atoms. The summed E-state index contributed by atoms with van der Waals surface area (Å²) in [5, 5.41) is 2.72. The molecule has 7 heteroatoms. The SMILES string of the molecule is COC(COCCCNC(=O)OC(C)(C)C)COC(C)(C)CCOC(C)(C)Cc1ccccc1. The molecule has 0 saturated carbocycles. The number of methoxy groups -OCH3 is 1. The molecule has 34 heavy (non-hydrogen) atoms. The standard InChI is InChI=1S/C27H47NO6/c1-25(2,3)34-24(29)28-16-12-17-31-20-23(30-8)21-33-26(4,5)15-18-32-27(6,7)19-22-13-10-9-11-14-22/h9-11,13-14,23H,12,15-21H2,1-8H3,(H,28,29). The van der Waals surface area contributed by atoms with E-state index in [0.29, 0.717) is 39.4 Å². The maximum atomic E-state index is 11.6. The maximum absolute atomic E-state index is 11.6. The van der Waals surface area contributed by atoms with Crippen molar-refractivity contribution in [1.29, 1.82) is 0 Å². The van der Waals surface area contributed by atoms with Gasteiger partial charge >= 0.3 is 6.09 Å². The third-order valence-corrected chi connectivity index (χ3v) is 5.10. The molecule has 0 aliphatic rings. The van der Waals surface area contributed by atoms with Gasteiger partial charge in [0, 0.05) is 26.7 Å². The summed E-state index contributed by atoms with van der Waals surface area (Å²) in [5.41, 5.74) is 0.201. The summed E-state index contributed by atoms with van der Waals surface area (Å²) in [7, 11) is 1.66. The minimum atomic E-state index is -0.495. The van der Waals surface area contributed by atoms with E-state index in [1.54, 1.807) is 7.11 Å². The molecule has 1 amide bonds. The Hall–Kier alpha value is -1.67. The van der Waals surface area contributed by atoms with E-state index in [9.17, 15) is 4.79 Å². The lowest BCUT2D eigenvalue weighted by molar-refractivity contribution is -0.109. The molecular weight excluding hydrogens is 434 g/mol. The lowest BCUT2D eigenvalue weighted by atomic mass is 9.98. The van der Waals surface area contributed by atoms with E-state index in [-0.39, 0.29) is 17.3 Å². The summed E-state index contributed by atoms with van der Waals surface area (Å²) in [6, 6.07) is 10.4. The first-order valence-corrected chi connectivity index (χ1v) is 12.2. The molecule has 1 N–H and O–H groups in total. The summed E-state index contributed by atoms with van der Waals surface area (Å²) < 4.78 is 28.7.